The van der Waals surface area contributed by atoms with Crippen LogP contribution in [0.4, 0.5) is 5.69 Å². The average molecular weight is 366 g/mol. The minimum Gasteiger partial charge on any atom is -0.448 e. The Balaban J connectivity index is 2.12. The third kappa shape index (κ3) is 5.81. The Kier molecular flexibility index (Phi) is 6.88. The number of amides is 2. The number of carbonyl (C=O) groups excluding carboxylic acids is 3. The molecule has 0 fully saturated rings. The number of ether oxygens (including phenoxy) is 1. The van der Waals surface area contributed by atoms with Gasteiger partial charge in [0.05, 0.1) is 0 Å². The summed E-state index contributed by atoms with van der Waals surface area (Å²) in [6.45, 7) is 2.79. The Morgan fingerprint density at radius 2 is 1.56 bits per heavy atom. The molecule has 2 aromatic carbocycles. The van der Waals surface area contributed by atoms with E-state index in [2.05, 4.69) is 5.32 Å². The maximum atomic E-state index is 12.5. The molecule has 0 spiro atoms. The predicted molar refractivity (Wildman–Crippen MR) is 104 cm³/mol. The molecule has 0 saturated carbocycles. The van der Waals surface area contributed by atoms with Gasteiger partial charge in [0.15, 0.2) is 6.10 Å². The zero-order chi connectivity index (χ0) is 19.8. The summed E-state index contributed by atoms with van der Waals surface area (Å²) in [6, 6.07) is 18.1. The zero-order valence-corrected chi connectivity index (χ0v) is 15.5. The predicted octanol–water partition coefficient (Wildman–Crippen LogP) is 2.76. The Hall–Kier alpha value is -3.41. The van der Waals surface area contributed by atoms with Gasteiger partial charge < -0.3 is 15.0 Å². The van der Waals surface area contributed by atoms with Crippen LogP contribution in [-0.2, 0) is 19.1 Å². The number of benzene rings is 2. The van der Waals surface area contributed by atoms with E-state index in [1.54, 1.807) is 31.3 Å². The molecule has 140 valence electrons. The fraction of sp³-hybridized carbons (Fsp3) is 0.190. The Morgan fingerprint density at radius 1 is 1.00 bits per heavy atom. The molecule has 1 atom stereocenters. The van der Waals surface area contributed by atoms with Gasteiger partial charge in [0.25, 0.3) is 5.91 Å². The number of para-hydroxylation sites is 1. The first-order chi connectivity index (χ1) is 12.9. The van der Waals surface area contributed by atoms with Crippen molar-refractivity contribution in [1.82, 2.24) is 5.32 Å². The van der Waals surface area contributed by atoms with E-state index >= 15 is 0 Å². The highest BCUT2D eigenvalue weighted by atomic mass is 16.5. The fourth-order valence-corrected chi connectivity index (χ4v) is 2.38. The van der Waals surface area contributed by atoms with E-state index in [1.165, 1.54) is 24.8 Å². The first-order valence-corrected chi connectivity index (χ1v) is 8.46. The van der Waals surface area contributed by atoms with Crippen LogP contribution in [0, 0.1) is 0 Å². The van der Waals surface area contributed by atoms with Gasteiger partial charge in [-0.05, 0) is 30.7 Å². The van der Waals surface area contributed by atoms with Crippen LogP contribution < -0.4 is 10.2 Å². The number of rotatable bonds is 6. The van der Waals surface area contributed by atoms with Crippen LogP contribution in [0.15, 0.2) is 66.4 Å². The molecule has 27 heavy (non-hydrogen) atoms. The van der Waals surface area contributed by atoms with Crippen molar-refractivity contribution in [2.45, 2.75) is 20.0 Å². The smallest absolute Gasteiger partial charge is 0.355 e. The molecule has 0 heterocycles. The molecule has 0 unspecified atom stereocenters. The van der Waals surface area contributed by atoms with E-state index in [0.29, 0.717) is 5.69 Å². The number of nitrogens with zero attached hydrogens (tertiary/aromatic N) is 1. The maximum absolute atomic E-state index is 12.5. The molecular formula is C21H22N2O4. The van der Waals surface area contributed by atoms with Gasteiger partial charge in [-0.2, -0.15) is 0 Å². The summed E-state index contributed by atoms with van der Waals surface area (Å²) < 4.78 is 5.28. The van der Waals surface area contributed by atoms with Crippen molar-refractivity contribution in [3.05, 3.63) is 71.9 Å². The Labute approximate surface area is 158 Å². The molecule has 0 radical (unpaired) electrons. The average Bonchev–Trinajstić information content (AvgIpc) is 2.67. The molecule has 1 N–H and O–H groups in total. The van der Waals surface area contributed by atoms with Crippen LogP contribution in [0.1, 0.15) is 19.4 Å². The van der Waals surface area contributed by atoms with E-state index in [1.807, 2.05) is 36.4 Å². The van der Waals surface area contributed by atoms with Crippen LogP contribution in [0.5, 0.6) is 0 Å². The van der Waals surface area contributed by atoms with Gasteiger partial charge in [-0.3, -0.25) is 9.59 Å². The van der Waals surface area contributed by atoms with Crippen molar-refractivity contribution in [3.8, 4) is 0 Å². The molecule has 2 aromatic rings. The van der Waals surface area contributed by atoms with Gasteiger partial charge >= 0.3 is 5.97 Å². The summed E-state index contributed by atoms with van der Waals surface area (Å²) in [5, 5.41) is 2.46. The van der Waals surface area contributed by atoms with Crippen molar-refractivity contribution >= 4 is 29.5 Å². The van der Waals surface area contributed by atoms with Crippen molar-refractivity contribution in [2.75, 3.05) is 11.9 Å². The molecule has 2 rings (SSSR count). The highest BCUT2D eigenvalue weighted by Crippen LogP contribution is 2.14. The molecule has 0 aliphatic rings. The summed E-state index contributed by atoms with van der Waals surface area (Å²) in [4.78, 5) is 37.8. The number of anilines is 1. The van der Waals surface area contributed by atoms with Crippen LogP contribution in [0.3, 0.4) is 0 Å². The zero-order valence-electron chi connectivity index (χ0n) is 15.5. The van der Waals surface area contributed by atoms with Gasteiger partial charge in [-0.25, -0.2) is 4.79 Å². The van der Waals surface area contributed by atoms with Gasteiger partial charge in [0, 0.05) is 19.7 Å². The van der Waals surface area contributed by atoms with Gasteiger partial charge in [-0.15, -0.1) is 0 Å². The highest BCUT2D eigenvalue weighted by Gasteiger charge is 2.24. The number of hydrogen-bond donors (Lipinski definition) is 1. The molecule has 0 saturated heterocycles. The third-order valence-electron chi connectivity index (χ3n) is 3.75. The lowest BCUT2D eigenvalue weighted by atomic mass is 10.2. The van der Waals surface area contributed by atoms with E-state index in [4.69, 9.17) is 4.74 Å². The van der Waals surface area contributed by atoms with E-state index in [9.17, 15) is 14.4 Å². The highest BCUT2D eigenvalue weighted by molar-refractivity contribution is 6.01. The lowest BCUT2D eigenvalue weighted by molar-refractivity contribution is -0.150. The minimum atomic E-state index is -1.02. The summed E-state index contributed by atoms with van der Waals surface area (Å²) in [6.07, 6.45) is 0.484. The first kappa shape index (κ1) is 19.9. The molecule has 6 heteroatoms. The lowest BCUT2D eigenvalue weighted by Gasteiger charge is -2.22. The monoisotopic (exact) mass is 366 g/mol. The van der Waals surface area contributed by atoms with Gasteiger partial charge in [-0.1, -0.05) is 48.5 Å². The second-order valence-corrected chi connectivity index (χ2v) is 5.93. The number of carbonyl (C=O) groups is 3. The normalized spacial score (nSPS) is 12.0. The van der Waals surface area contributed by atoms with Crippen LogP contribution in [0.25, 0.3) is 6.08 Å². The summed E-state index contributed by atoms with van der Waals surface area (Å²) in [5.74, 6) is -1.57. The number of hydrogen-bond acceptors (Lipinski definition) is 4. The topological polar surface area (TPSA) is 75.7 Å². The van der Waals surface area contributed by atoms with Crippen LogP contribution in [-0.4, -0.2) is 30.9 Å². The molecule has 0 aliphatic heterocycles. The van der Waals surface area contributed by atoms with E-state index < -0.39 is 18.0 Å². The third-order valence-corrected chi connectivity index (χ3v) is 3.75. The second-order valence-electron chi connectivity index (χ2n) is 5.93. The second kappa shape index (κ2) is 9.33. The van der Waals surface area contributed by atoms with E-state index in [0.717, 1.165) is 5.56 Å². The standard InChI is InChI=1S/C21H22N2O4/c1-15(20(25)23(3)18-12-8-5-9-13-18)27-21(26)19(22-16(2)24)14-17-10-6-4-7-11-17/h4-15H,1-3H3,(H,22,24)/b19-14-/t15-/m1/s1. The molecule has 2 amide bonds. The largest absolute Gasteiger partial charge is 0.448 e. The summed E-state index contributed by atoms with van der Waals surface area (Å²) in [5.41, 5.74) is 1.38. The van der Waals surface area contributed by atoms with Crippen molar-refractivity contribution < 1.29 is 19.1 Å². The minimum absolute atomic E-state index is 0.0317. The quantitative estimate of drug-likeness (QED) is 0.630. The number of likely N-dealkylation sites (N-methyl/N-ethyl adjacent to an activating group) is 1. The molecule has 0 aliphatic carbocycles. The van der Waals surface area contributed by atoms with Crippen molar-refractivity contribution in [2.24, 2.45) is 0 Å². The number of nitrogens with one attached hydrogen (secondary N) is 1. The summed E-state index contributed by atoms with van der Waals surface area (Å²) in [7, 11) is 1.61. The van der Waals surface area contributed by atoms with Gasteiger partial charge in [0.2, 0.25) is 5.91 Å². The van der Waals surface area contributed by atoms with E-state index in [-0.39, 0.29) is 11.6 Å². The molecular weight excluding hydrogens is 344 g/mol. The SMILES string of the molecule is CC(=O)N/C(=C\c1ccccc1)C(=O)O[C@H](C)C(=O)N(C)c1ccccc1. The lowest BCUT2D eigenvalue weighted by Crippen LogP contribution is -2.39. The Bertz CT molecular complexity index is 832. The molecule has 0 bridgehead atoms. The molecule has 6 nitrogen and oxygen atoms in total. The Morgan fingerprint density at radius 3 is 2.11 bits per heavy atom. The fourth-order valence-electron chi connectivity index (χ4n) is 2.38. The van der Waals surface area contributed by atoms with Crippen molar-refractivity contribution in [3.63, 3.8) is 0 Å². The summed E-state index contributed by atoms with van der Waals surface area (Å²) >= 11 is 0. The first-order valence-electron chi connectivity index (χ1n) is 8.46. The molecule has 0 aromatic heterocycles. The number of esters is 1. The maximum Gasteiger partial charge on any atom is 0.355 e. The van der Waals surface area contributed by atoms with Crippen LogP contribution in [0.2, 0.25) is 0 Å². The van der Waals surface area contributed by atoms with Crippen LogP contribution >= 0.6 is 0 Å². The van der Waals surface area contributed by atoms with Gasteiger partial charge in [0.1, 0.15) is 5.70 Å². The van der Waals surface area contributed by atoms with Crippen molar-refractivity contribution in [1.29, 1.82) is 0 Å².